The highest BCUT2D eigenvalue weighted by Gasteiger charge is 2.22. The van der Waals surface area contributed by atoms with Gasteiger partial charge in [-0.1, -0.05) is 12.1 Å². The molecule has 110 valence electrons. The van der Waals surface area contributed by atoms with E-state index in [1.165, 1.54) is 6.08 Å². The van der Waals surface area contributed by atoms with Gasteiger partial charge in [0.05, 0.1) is 27.0 Å². The Morgan fingerprint density at radius 2 is 2.19 bits per heavy atom. The molecule has 1 aromatic carbocycles. The molecule has 0 fully saturated rings. The average molecular weight is 322 g/mol. The zero-order valence-corrected chi connectivity index (χ0v) is 12.8. The number of hydrogen-bond donors (Lipinski definition) is 1. The van der Waals surface area contributed by atoms with Crippen molar-refractivity contribution in [3.63, 3.8) is 0 Å². The largest absolute Gasteiger partial charge is 0.349 e. The van der Waals surface area contributed by atoms with Crippen molar-refractivity contribution in [2.75, 3.05) is 5.75 Å². The maximum atomic E-state index is 11.8. The summed E-state index contributed by atoms with van der Waals surface area (Å²) in [5.74, 6) is -0.194. The second-order valence-electron chi connectivity index (χ2n) is 4.91. The molecule has 0 saturated carbocycles. The molecule has 7 heteroatoms. The topological polar surface area (TPSA) is 76.1 Å². The standard InChI is InChI=1S/C14H14N2O3S2/c17-13(15-10-7-8-21(18,19)9-10)5-6-14-16-11-3-1-2-4-12(11)20-14/h1-4,7-8,10H,5-6,9H2,(H,15,17)/t10-/m1/s1. The molecule has 21 heavy (non-hydrogen) atoms. The van der Waals surface area contributed by atoms with Crippen molar-refractivity contribution in [2.45, 2.75) is 18.9 Å². The Balaban J connectivity index is 1.55. The van der Waals surface area contributed by atoms with Crippen LogP contribution in [0.15, 0.2) is 35.7 Å². The highest BCUT2D eigenvalue weighted by Crippen LogP contribution is 2.22. The first-order valence-electron chi connectivity index (χ1n) is 6.57. The van der Waals surface area contributed by atoms with Crippen molar-refractivity contribution in [1.29, 1.82) is 0 Å². The minimum Gasteiger partial charge on any atom is -0.349 e. The Hall–Kier alpha value is -1.73. The number of para-hydroxylation sites is 1. The second-order valence-corrected chi connectivity index (χ2v) is 7.95. The minimum absolute atomic E-state index is 0.0418. The maximum absolute atomic E-state index is 11.8. The lowest BCUT2D eigenvalue weighted by atomic mass is 10.2. The molecule has 0 radical (unpaired) electrons. The number of nitrogens with one attached hydrogen (secondary N) is 1. The molecule has 1 aliphatic heterocycles. The van der Waals surface area contributed by atoms with Gasteiger partial charge in [0.1, 0.15) is 0 Å². The Kier molecular flexibility index (Phi) is 3.77. The van der Waals surface area contributed by atoms with E-state index in [9.17, 15) is 13.2 Å². The van der Waals surface area contributed by atoms with E-state index in [0.29, 0.717) is 12.8 Å². The summed E-state index contributed by atoms with van der Waals surface area (Å²) in [6.07, 6.45) is 2.39. The van der Waals surface area contributed by atoms with Crippen LogP contribution in [0.25, 0.3) is 10.2 Å². The number of amides is 1. The first-order chi connectivity index (χ1) is 10.0. The second kappa shape index (κ2) is 5.57. The molecule has 0 unspecified atom stereocenters. The molecule has 0 bridgehead atoms. The summed E-state index contributed by atoms with van der Waals surface area (Å²) in [6, 6.07) is 7.45. The molecular weight excluding hydrogens is 308 g/mol. The van der Waals surface area contributed by atoms with Crippen LogP contribution in [0.1, 0.15) is 11.4 Å². The summed E-state index contributed by atoms with van der Waals surface area (Å²) in [5, 5.41) is 4.79. The lowest BCUT2D eigenvalue weighted by Gasteiger charge is -2.09. The third-order valence-corrected chi connectivity index (χ3v) is 5.67. The predicted molar refractivity (Wildman–Crippen MR) is 82.8 cm³/mol. The van der Waals surface area contributed by atoms with Crippen molar-refractivity contribution in [2.24, 2.45) is 0 Å². The summed E-state index contributed by atoms with van der Waals surface area (Å²) in [7, 11) is -3.13. The van der Waals surface area contributed by atoms with E-state index in [2.05, 4.69) is 10.3 Å². The normalized spacial score (nSPS) is 19.9. The summed E-state index contributed by atoms with van der Waals surface area (Å²) >= 11 is 1.58. The third-order valence-electron chi connectivity index (χ3n) is 3.18. The number of benzene rings is 1. The van der Waals surface area contributed by atoms with Gasteiger partial charge < -0.3 is 5.32 Å². The van der Waals surface area contributed by atoms with Crippen molar-refractivity contribution in [3.05, 3.63) is 40.8 Å². The molecular formula is C14H14N2O3S2. The lowest BCUT2D eigenvalue weighted by molar-refractivity contribution is -0.121. The van der Waals surface area contributed by atoms with E-state index in [-0.39, 0.29) is 11.7 Å². The number of aryl methyl sites for hydroxylation is 1. The zero-order valence-electron chi connectivity index (χ0n) is 11.2. The Labute approximate surface area is 126 Å². The molecule has 1 N–H and O–H groups in total. The molecule has 0 saturated heterocycles. The zero-order chi connectivity index (χ0) is 14.9. The van der Waals surface area contributed by atoms with Crippen LogP contribution < -0.4 is 5.32 Å². The fourth-order valence-electron chi connectivity index (χ4n) is 2.19. The number of fused-ring (bicyclic) bond motifs is 1. The fraction of sp³-hybridized carbons (Fsp3) is 0.286. The summed E-state index contributed by atoms with van der Waals surface area (Å²) < 4.78 is 23.6. The molecule has 2 aromatic rings. The monoisotopic (exact) mass is 322 g/mol. The van der Waals surface area contributed by atoms with Crippen LogP contribution in [0.5, 0.6) is 0 Å². The number of hydrogen-bond acceptors (Lipinski definition) is 5. The van der Waals surface area contributed by atoms with Crippen LogP contribution in [0, 0.1) is 0 Å². The van der Waals surface area contributed by atoms with Gasteiger partial charge in [0.2, 0.25) is 5.91 Å². The molecule has 1 aromatic heterocycles. The highest BCUT2D eigenvalue weighted by molar-refractivity contribution is 7.94. The van der Waals surface area contributed by atoms with Gasteiger partial charge in [0.15, 0.2) is 9.84 Å². The van der Waals surface area contributed by atoms with E-state index < -0.39 is 15.9 Å². The maximum Gasteiger partial charge on any atom is 0.220 e. The fourth-order valence-corrected chi connectivity index (χ4v) is 4.39. The smallest absolute Gasteiger partial charge is 0.220 e. The first-order valence-corrected chi connectivity index (χ1v) is 9.10. The first kappa shape index (κ1) is 14.2. The van der Waals surface area contributed by atoms with Crippen LogP contribution in [0.3, 0.4) is 0 Å². The highest BCUT2D eigenvalue weighted by atomic mass is 32.2. The Morgan fingerprint density at radius 3 is 2.90 bits per heavy atom. The van der Waals surface area contributed by atoms with E-state index in [0.717, 1.165) is 20.6 Å². The number of carbonyl (C=O) groups is 1. The van der Waals surface area contributed by atoms with Gasteiger partial charge in [0.25, 0.3) is 0 Å². The van der Waals surface area contributed by atoms with Gasteiger partial charge in [-0.3, -0.25) is 4.79 Å². The molecule has 1 atom stereocenters. The van der Waals surface area contributed by atoms with E-state index in [1.807, 2.05) is 24.3 Å². The number of aromatic nitrogens is 1. The third kappa shape index (κ3) is 3.48. The molecule has 0 spiro atoms. The number of carbonyl (C=O) groups excluding carboxylic acids is 1. The molecule has 1 aliphatic rings. The van der Waals surface area contributed by atoms with Gasteiger partial charge in [-0.25, -0.2) is 13.4 Å². The van der Waals surface area contributed by atoms with Gasteiger partial charge in [-0.15, -0.1) is 11.3 Å². The molecule has 2 heterocycles. The van der Waals surface area contributed by atoms with Crippen molar-refractivity contribution < 1.29 is 13.2 Å². The number of nitrogens with zero attached hydrogens (tertiary/aromatic N) is 1. The van der Waals surface area contributed by atoms with Crippen LogP contribution in [-0.4, -0.2) is 31.1 Å². The van der Waals surface area contributed by atoms with Crippen molar-refractivity contribution in [3.8, 4) is 0 Å². The van der Waals surface area contributed by atoms with Gasteiger partial charge in [0, 0.05) is 18.2 Å². The molecule has 0 aliphatic carbocycles. The van der Waals surface area contributed by atoms with Gasteiger partial charge in [-0.05, 0) is 18.2 Å². The molecule has 3 rings (SSSR count). The van der Waals surface area contributed by atoms with Crippen LogP contribution in [0.2, 0.25) is 0 Å². The van der Waals surface area contributed by atoms with Crippen molar-refractivity contribution in [1.82, 2.24) is 10.3 Å². The summed E-state index contributed by atoms with van der Waals surface area (Å²) in [5.41, 5.74) is 0.947. The predicted octanol–water partition coefficient (Wildman–Crippen LogP) is 1.66. The quantitative estimate of drug-likeness (QED) is 0.929. The Bertz CT molecular complexity index is 775. The average Bonchev–Trinajstić information content (AvgIpc) is 2.99. The number of rotatable bonds is 4. The van der Waals surface area contributed by atoms with Crippen LogP contribution in [-0.2, 0) is 21.1 Å². The van der Waals surface area contributed by atoms with Crippen molar-refractivity contribution >= 4 is 37.3 Å². The SMILES string of the molecule is O=C(CCc1nc2ccccc2s1)N[C@@H]1C=CS(=O)(=O)C1. The van der Waals surface area contributed by atoms with E-state index in [1.54, 1.807) is 11.3 Å². The summed E-state index contributed by atoms with van der Waals surface area (Å²) in [4.78, 5) is 16.3. The van der Waals surface area contributed by atoms with Crippen LogP contribution >= 0.6 is 11.3 Å². The summed E-state index contributed by atoms with van der Waals surface area (Å²) in [6.45, 7) is 0. The number of thiazole rings is 1. The molecule has 1 amide bonds. The van der Waals surface area contributed by atoms with E-state index >= 15 is 0 Å². The van der Waals surface area contributed by atoms with E-state index in [4.69, 9.17) is 0 Å². The van der Waals surface area contributed by atoms with Gasteiger partial charge in [-0.2, -0.15) is 0 Å². The Morgan fingerprint density at radius 1 is 1.38 bits per heavy atom. The molecule has 5 nitrogen and oxygen atoms in total. The van der Waals surface area contributed by atoms with Gasteiger partial charge >= 0.3 is 0 Å². The number of sulfone groups is 1. The van der Waals surface area contributed by atoms with Crippen LogP contribution in [0.4, 0.5) is 0 Å². The minimum atomic E-state index is -3.13. The lowest BCUT2D eigenvalue weighted by Crippen LogP contribution is -2.35.